The SMILES string of the molecule is CCC(C(=O)O)c1ccc(COc2cccc(-c3c(-c4ccccc4C(C)C)cnc4c(C(F)(F)F)cccc34)c2)cc1. The Morgan fingerprint density at radius 2 is 1.63 bits per heavy atom. The Morgan fingerprint density at radius 3 is 2.30 bits per heavy atom. The van der Waals surface area contributed by atoms with E-state index in [-0.39, 0.29) is 18.0 Å². The zero-order valence-corrected chi connectivity index (χ0v) is 24.2. The molecule has 1 atom stereocenters. The van der Waals surface area contributed by atoms with Gasteiger partial charge < -0.3 is 9.84 Å². The van der Waals surface area contributed by atoms with E-state index in [2.05, 4.69) is 18.8 Å². The van der Waals surface area contributed by atoms with Crippen LogP contribution in [0.1, 0.15) is 61.3 Å². The van der Waals surface area contributed by atoms with Crippen LogP contribution in [0.15, 0.2) is 97.2 Å². The third-order valence-electron chi connectivity index (χ3n) is 7.69. The summed E-state index contributed by atoms with van der Waals surface area (Å²) in [5.41, 5.74) is 4.81. The number of fused-ring (bicyclic) bond motifs is 1. The van der Waals surface area contributed by atoms with Crippen molar-refractivity contribution in [2.24, 2.45) is 0 Å². The molecule has 4 aromatic carbocycles. The van der Waals surface area contributed by atoms with Gasteiger partial charge in [0.25, 0.3) is 0 Å². The summed E-state index contributed by atoms with van der Waals surface area (Å²) in [5, 5.41) is 9.84. The number of benzene rings is 4. The van der Waals surface area contributed by atoms with Gasteiger partial charge in [-0.15, -0.1) is 0 Å². The quantitative estimate of drug-likeness (QED) is 0.188. The number of aliphatic carboxylic acids is 1. The summed E-state index contributed by atoms with van der Waals surface area (Å²) < 4.78 is 48.1. The summed E-state index contributed by atoms with van der Waals surface area (Å²) in [6.07, 6.45) is -2.51. The van der Waals surface area contributed by atoms with Crippen molar-refractivity contribution in [1.29, 1.82) is 0 Å². The predicted molar refractivity (Wildman–Crippen MR) is 163 cm³/mol. The lowest BCUT2D eigenvalue weighted by atomic mass is 9.87. The highest BCUT2D eigenvalue weighted by atomic mass is 19.4. The Labute approximate surface area is 248 Å². The maximum Gasteiger partial charge on any atom is 0.418 e. The number of ether oxygens (including phenoxy) is 1. The highest BCUT2D eigenvalue weighted by Crippen LogP contribution is 2.43. The molecule has 0 fully saturated rings. The molecule has 0 bridgehead atoms. The van der Waals surface area contributed by atoms with E-state index in [1.54, 1.807) is 24.4 Å². The average Bonchev–Trinajstić information content (AvgIpc) is 2.99. The second-order valence-corrected chi connectivity index (χ2v) is 10.8. The maximum atomic E-state index is 14.0. The fourth-order valence-electron chi connectivity index (χ4n) is 5.52. The predicted octanol–water partition coefficient (Wildman–Crippen LogP) is 9.87. The summed E-state index contributed by atoms with van der Waals surface area (Å²) in [7, 11) is 0. The molecule has 0 aliphatic carbocycles. The molecule has 0 spiro atoms. The first-order valence-corrected chi connectivity index (χ1v) is 14.2. The molecule has 220 valence electrons. The van der Waals surface area contributed by atoms with E-state index in [1.807, 2.05) is 67.6 Å². The van der Waals surface area contributed by atoms with Crippen molar-refractivity contribution in [3.8, 4) is 28.0 Å². The van der Waals surface area contributed by atoms with Gasteiger partial charge in [-0.1, -0.05) is 93.6 Å². The van der Waals surface area contributed by atoms with Crippen LogP contribution < -0.4 is 4.74 Å². The summed E-state index contributed by atoms with van der Waals surface area (Å²) >= 11 is 0. The lowest BCUT2D eigenvalue weighted by Crippen LogP contribution is -2.10. The van der Waals surface area contributed by atoms with E-state index < -0.39 is 23.6 Å². The van der Waals surface area contributed by atoms with Gasteiger partial charge in [-0.2, -0.15) is 13.2 Å². The average molecular weight is 584 g/mol. The van der Waals surface area contributed by atoms with E-state index in [4.69, 9.17) is 4.74 Å². The van der Waals surface area contributed by atoms with Crippen LogP contribution in [0.4, 0.5) is 13.2 Å². The van der Waals surface area contributed by atoms with Crippen LogP contribution in [0.2, 0.25) is 0 Å². The summed E-state index contributed by atoms with van der Waals surface area (Å²) in [6, 6.07) is 26.7. The van der Waals surface area contributed by atoms with Gasteiger partial charge in [0.05, 0.1) is 17.0 Å². The fourth-order valence-corrected chi connectivity index (χ4v) is 5.52. The number of carboxylic acid groups (broad SMARTS) is 1. The largest absolute Gasteiger partial charge is 0.489 e. The molecule has 0 saturated heterocycles. The number of pyridine rings is 1. The van der Waals surface area contributed by atoms with Crippen molar-refractivity contribution in [2.75, 3.05) is 0 Å². The second kappa shape index (κ2) is 12.3. The summed E-state index contributed by atoms with van der Waals surface area (Å²) in [6.45, 7) is 6.25. The molecule has 5 aromatic rings. The van der Waals surface area contributed by atoms with Gasteiger partial charge in [0.15, 0.2) is 0 Å². The first-order valence-electron chi connectivity index (χ1n) is 14.2. The zero-order valence-electron chi connectivity index (χ0n) is 24.2. The standard InChI is InChI=1S/C36H32F3NO3/c1-4-27(35(41)42)24-17-15-23(16-18-24)21-43-26-10-7-9-25(19-26)33-30-13-8-14-32(36(37,38)39)34(30)40-20-31(33)29-12-6-5-11-28(29)22(2)3/h5-20,22,27H,4,21H2,1-3H3,(H,41,42). The maximum absolute atomic E-state index is 14.0. The smallest absolute Gasteiger partial charge is 0.418 e. The van der Waals surface area contributed by atoms with Gasteiger partial charge in [0, 0.05) is 22.7 Å². The number of hydrogen-bond donors (Lipinski definition) is 1. The van der Waals surface area contributed by atoms with Gasteiger partial charge in [-0.25, -0.2) is 0 Å². The Bertz CT molecular complexity index is 1760. The van der Waals surface area contributed by atoms with Gasteiger partial charge in [0.2, 0.25) is 0 Å². The van der Waals surface area contributed by atoms with E-state index in [0.717, 1.165) is 33.9 Å². The van der Waals surface area contributed by atoms with Gasteiger partial charge in [-0.05, 0) is 58.4 Å². The molecule has 0 aliphatic heterocycles. The molecule has 0 amide bonds. The number of para-hydroxylation sites is 1. The molecule has 0 aliphatic rings. The topological polar surface area (TPSA) is 59.4 Å². The zero-order chi connectivity index (χ0) is 30.7. The number of rotatable bonds is 9. The first-order chi connectivity index (χ1) is 20.6. The third-order valence-corrected chi connectivity index (χ3v) is 7.69. The van der Waals surface area contributed by atoms with Crippen LogP contribution in [0.5, 0.6) is 5.75 Å². The minimum Gasteiger partial charge on any atom is -0.489 e. The molecule has 1 heterocycles. The number of hydrogen-bond acceptors (Lipinski definition) is 3. The van der Waals surface area contributed by atoms with Crippen molar-refractivity contribution >= 4 is 16.9 Å². The van der Waals surface area contributed by atoms with Crippen molar-refractivity contribution in [3.63, 3.8) is 0 Å². The molecule has 1 unspecified atom stereocenters. The molecule has 4 nitrogen and oxygen atoms in total. The number of halogens is 3. The molecular weight excluding hydrogens is 551 g/mol. The third kappa shape index (κ3) is 6.26. The van der Waals surface area contributed by atoms with Crippen LogP contribution >= 0.6 is 0 Å². The van der Waals surface area contributed by atoms with Crippen molar-refractivity contribution in [2.45, 2.75) is 51.8 Å². The van der Waals surface area contributed by atoms with Crippen molar-refractivity contribution in [3.05, 3.63) is 119 Å². The lowest BCUT2D eigenvalue weighted by molar-refractivity contribution is -0.139. The van der Waals surface area contributed by atoms with Crippen LogP contribution in [-0.4, -0.2) is 16.1 Å². The Kier molecular flexibility index (Phi) is 8.53. The second-order valence-electron chi connectivity index (χ2n) is 10.8. The van der Waals surface area contributed by atoms with E-state index in [1.165, 1.54) is 6.07 Å². The Balaban J connectivity index is 1.57. The van der Waals surface area contributed by atoms with Crippen LogP contribution in [-0.2, 0) is 17.6 Å². The Hall–Kier alpha value is -4.65. The molecule has 7 heteroatoms. The Morgan fingerprint density at radius 1 is 0.907 bits per heavy atom. The normalized spacial score (nSPS) is 12.4. The minimum atomic E-state index is -4.55. The molecule has 1 N–H and O–H groups in total. The van der Waals surface area contributed by atoms with Crippen molar-refractivity contribution in [1.82, 2.24) is 4.98 Å². The highest BCUT2D eigenvalue weighted by Gasteiger charge is 2.34. The molecule has 1 aromatic heterocycles. The van der Waals surface area contributed by atoms with E-state index in [0.29, 0.717) is 28.7 Å². The number of aromatic nitrogens is 1. The number of alkyl halides is 3. The number of carbonyl (C=O) groups is 1. The molecule has 43 heavy (non-hydrogen) atoms. The minimum absolute atomic E-state index is 0.103. The van der Waals surface area contributed by atoms with Crippen LogP contribution in [0.25, 0.3) is 33.2 Å². The van der Waals surface area contributed by atoms with E-state index in [9.17, 15) is 23.1 Å². The van der Waals surface area contributed by atoms with Gasteiger partial charge >= 0.3 is 12.1 Å². The van der Waals surface area contributed by atoms with Crippen LogP contribution in [0.3, 0.4) is 0 Å². The van der Waals surface area contributed by atoms with E-state index >= 15 is 0 Å². The summed E-state index contributed by atoms with van der Waals surface area (Å²) in [5.74, 6) is -0.677. The van der Waals surface area contributed by atoms with Gasteiger partial charge in [0.1, 0.15) is 12.4 Å². The first kappa shape index (κ1) is 29.8. The van der Waals surface area contributed by atoms with Crippen LogP contribution in [0, 0.1) is 0 Å². The highest BCUT2D eigenvalue weighted by molar-refractivity contribution is 6.03. The monoisotopic (exact) mass is 583 g/mol. The molecule has 0 radical (unpaired) electrons. The molecular formula is C36H32F3NO3. The number of nitrogens with zero attached hydrogens (tertiary/aromatic N) is 1. The molecule has 5 rings (SSSR count). The van der Waals surface area contributed by atoms with Gasteiger partial charge in [-0.3, -0.25) is 9.78 Å². The number of carboxylic acids is 1. The lowest BCUT2D eigenvalue weighted by Gasteiger charge is -2.19. The van der Waals surface area contributed by atoms with Crippen molar-refractivity contribution < 1.29 is 27.8 Å². The molecule has 0 saturated carbocycles. The summed E-state index contributed by atoms with van der Waals surface area (Å²) in [4.78, 5) is 15.9. The fraction of sp³-hybridized carbons (Fsp3) is 0.222.